The van der Waals surface area contributed by atoms with Crippen molar-refractivity contribution in [1.82, 2.24) is 15.5 Å². The van der Waals surface area contributed by atoms with Crippen LogP contribution >= 0.6 is 0 Å². The molecule has 1 aromatic carbocycles. The smallest absolute Gasteiger partial charge is 0.408 e. The number of benzene rings is 1. The fourth-order valence-electron chi connectivity index (χ4n) is 4.03. The summed E-state index contributed by atoms with van der Waals surface area (Å²) >= 11 is 0. The number of hydrogen-bond acceptors (Lipinski definition) is 7. The molecular weight excluding hydrogens is 516 g/mol. The lowest BCUT2D eigenvalue weighted by Crippen LogP contribution is -2.54. The van der Waals surface area contributed by atoms with E-state index in [4.69, 9.17) is 10.5 Å². The van der Waals surface area contributed by atoms with Gasteiger partial charge in [-0.05, 0) is 39.7 Å². The molecule has 4 amide bonds. The molecule has 0 aliphatic carbocycles. The van der Waals surface area contributed by atoms with Crippen LogP contribution < -0.4 is 16.4 Å². The molecule has 2 unspecified atom stereocenters. The van der Waals surface area contributed by atoms with Crippen molar-refractivity contribution in [2.45, 2.75) is 97.2 Å². The molecular formula is C29H46N4O7. The Balaban J connectivity index is 3.44. The summed E-state index contributed by atoms with van der Waals surface area (Å²) in [7, 11) is 1.21. The van der Waals surface area contributed by atoms with Gasteiger partial charge in [-0.3, -0.25) is 19.2 Å². The molecule has 4 N–H and O–H groups in total. The zero-order valence-electron chi connectivity index (χ0n) is 24.7. The number of carbonyl (C=O) groups is 5. The first-order valence-electron chi connectivity index (χ1n) is 13.8. The number of primary amides is 1. The second-order valence-electron chi connectivity index (χ2n) is 10.8. The average Bonchev–Trinajstić information content (AvgIpc) is 2.87. The van der Waals surface area contributed by atoms with E-state index in [1.165, 1.54) is 12.0 Å². The summed E-state index contributed by atoms with van der Waals surface area (Å²) < 4.78 is 9.94. The predicted octanol–water partition coefficient (Wildman–Crippen LogP) is 3.28. The van der Waals surface area contributed by atoms with E-state index in [0.29, 0.717) is 12.0 Å². The number of ether oxygens (including phenoxy) is 2. The predicted molar refractivity (Wildman–Crippen MR) is 151 cm³/mol. The number of amides is 4. The van der Waals surface area contributed by atoms with Gasteiger partial charge >= 0.3 is 12.1 Å². The summed E-state index contributed by atoms with van der Waals surface area (Å²) in [5.41, 5.74) is 6.03. The minimum absolute atomic E-state index is 0.167. The number of methoxy groups -OCH3 is 1. The van der Waals surface area contributed by atoms with Crippen molar-refractivity contribution in [3.8, 4) is 0 Å². The molecule has 40 heavy (non-hydrogen) atoms. The fraction of sp³-hybridized carbons (Fsp3) is 0.621. The maximum absolute atomic E-state index is 14.0. The first kappa shape index (κ1) is 34.4. The van der Waals surface area contributed by atoms with Gasteiger partial charge in [0.1, 0.15) is 24.2 Å². The van der Waals surface area contributed by atoms with Gasteiger partial charge in [-0.25, -0.2) is 4.79 Å². The van der Waals surface area contributed by atoms with Crippen molar-refractivity contribution in [3.63, 3.8) is 0 Å². The second kappa shape index (κ2) is 17.1. The summed E-state index contributed by atoms with van der Waals surface area (Å²) in [6.07, 6.45) is 4.21. The van der Waals surface area contributed by atoms with Gasteiger partial charge < -0.3 is 30.7 Å². The van der Waals surface area contributed by atoms with E-state index in [2.05, 4.69) is 22.3 Å². The number of carbonyl (C=O) groups excluding carboxylic acids is 5. The third kappa shape index (κ3) is 12.9. The molecule has 0 saturated heterocycles. The molecule has 11 nitrogen and oxygen atoms in total. The van der Waals surface area contributed by atoms with Gasteiger partial charge in [0.2, 0.25) is 17.7 Å². The van der Waals surface area contributed by atoms with Crippen LogP contribution in [-0.4, -0.2) is 66.5 Å². The van der Waals surface area contributed by atoms with Gasteiger partial charge in [-0.15, -0.1) is 0 Å². The number of alkyl carbamates (subject to hydrolysis) is 1. The summed E-state index contributed by atoms with van der Waals surface area (Å²) in [5.74, 6) is -2.74. The maximum Gasteiger partial charge on any atom is 0.408 e. The number of rotatable bonds is 16. The van der Waals surface area contributed by atoms with Gasteiger partial charge in [-0.1, -0.05) is 68.9 Å². The topological polar surface area (TPSA) is 157 Å². The highest BCUT2D eigenvalue weighted by molar-refractivity contribution is 5.95. The first-order valence-corrected chi connectivity index (χ1v) is 13.8. The largest absolute Gasteiger partial charge is 0.468 e. The lowest BCUT2D eigenvalue weighted by atomic mass is 10.00. The standard InChI is InChI=1S/C29H46N4O7/c1-7-8-9-10-11-12-17-33(27(37)22(18-23(30)34)32-28(38)40-29(3,4)5)25(21-15-13-20(2)14-16-21)26(36)31-19-24(35)39-6/h13-16,22,25H,7-12,17-19H2,1-6H3,(H2,30,34)(H,31,36)(H,32,38). The molecule has 0 spiro atoms. The molecule has 0 saturated carbocycles. The van der Waals surface area contributed by atoms with Crippen LogP contribution in [0.1, 0.15) is 89.8 Å². The minimum Gasteiger partial charge on any atom is -0.468 e. The van der Waals surface area contributed by atoms with Crippen molar-refractivity contribution >= 4 is 29.8 Å². The maximum atomic E-state index is 14.0. The van der Waals surface area contributed by atoms with E-state index < -0.39 is 60.4 Å². The molecule has 0 fully saturated rings. The zero-order valence-corrected chi connectivity index (χ0v) is 24.7. The molecule has 0 aliphatic heterocycles. The lowest BCUT2D eigenvalue weighted by molar-refractivity contribution is -0.145. The summed E-state index contributed by atoms with van der Waals surface area (Å²) in [6.45, 7) is 8.79. The summed E-state index contributed by atoms with van der Waals surface area (Å²) in [4.78, 5) is 65.1. The normalized spacial score (nSPS) is 12.6. The van der Waals surface area contributed by atoms with Crippen LogP contribution in [0, 0.1) is 6.92 Å². The molecule has 0 radical (unpaired) electrons. The first-order chi connectivity index (χ1) is 18.8. The average molecular weight is 563 g/mol. The zero-order chi connectivity index (χ0) is 30.3. The number of hydrogen-bond donors (Lipinski definition) is 3. The Hall–Kier alpha value is -3.63. The lowest BCUT2D eigenvalue weighted by Gasteiger charge is -2.34. The molecule has 224 valence electrons. The molecule has 1 rings (SSSR count). The summed E-state index contributed by atoms with van der Waals surface area (Å²) in [5, 5.41) is 5.00. The molecule has 11 heteroatoms. The van der Waals surface area contributed by atoms with E-state index >= 15 is 0 Å². The van der Waals surface area contributed by atoms with Crippen LogP contribution in [0.2, 0.25) is 0 Å². The highest BCUT2D eigenvalue weighted by atomic mass is 16.6. The van der Waals surface area contributed by atoms with Gasteiger partial charge in [0.15, 0.2) is 0 Å². The number of aryl methyl sites for hydroxylation is 1. The van der Waals surface area contributed by atoms with Crippen LogP contribution in [0.5, 0.6) is 0 Å². The number of esters is 1. The van der Waals surface area contributed by atoms with Crippen LogP contribution in [0.4, 0.5) is 4.79 Å². The van der Waals surface area contributed by atoms with Crippen molar-refractivity contribution in [2.24, 2.45) is 5.73 Å². The molecule has 1 aromatic rings. The Morgan fingerprint density at radius 3 is 2.12 bits per heavy atom. The Morgan fingerprint density at radius 2 is 1.57 bits per heavy atom. The van der Waals surface area contributed by atoms with Gasteiger partial charge in [0.05, 0.1) is 13.5 Å². The van der Waals surface area contributed by atoms with E-state index in [1.807, 2.05) is 19.1 Å². The molecule has 2 atom stereocenters. The van der Waals surface area contributed by atoms with Crippen LogP contribution in [0.15, 0.2) is 24.3 Å². The fourth-order valence-corrected chi connectivity index (χ4v) is 4.03. The molecule has 0 bridgehead atoms. The highest BCUT2D eigenvalue weighted by Gasteiger charge is 2.37. The van der Waals surface area contributed by atoms with Crippen molar-refractivity contribution in [2.75, 3.05) is 20.2 Å². The number of nitrogens with one attached hydrogen (secondary N) is 2. The van der Waals surface area contributed by atoms with Gasteiger partial charge in [0.25, 0.3) is 0 Å². The van der Waals surface area contributed by atoms with E-state index in [1.54, 1.807) is 32.9 Å². The van der Waals surface area contributed by atoms with E-state index in [-0.39, 0.29) is 6.54 Å². The Bertz CT molecular complexity index is 989. The number of unbranched alkanes of at least 4 members (excludes halogenated alkanes) is 5. The summed E-state index contributed by atoms with van der Waals surface area (Å²) in [6, 6.07) is 4.55. The van der Waals surface area contributed by atoms with Gasteiger partial charge in [-0.2, -0.15) is 0 Å². The van der Waals surface area contributed by atoms with Crippen molar-refractivity contribution < 1.29 is 33.4 Å². The monoisotopic (exact) mass is 562 g/mol. The third-order valence-electron chi connectivity index (χ3n) is 6.02. The SMILES string of the molecule is CCCCCCCCN(C(=O)C(CC(N)=O)NC(=O)OC(C)(C)C)C(C(=O)NCC(=O)OC)c1ccc(C)cc1. The van der Waals surface area contributed by atoms with Crippen LogP contribution in [-0.2, 0) is 28.7 Å². The van der Waals surface area contributed by atoms with Crippen molar-refractivity contribution in [3.05, 3.63) is 35.4 Å². The van der Waals surface area contributed by atoms with Gasteiger partial charge in [0, 0.05) is 6.54 Å². The van der Waals surface area contributed by atoms with Crippen molar-refractivity contribution in [1.29, 1.82) is 0 Å². The van der Waals surface area contributed by atoms with E-state index in [0.717, 1.165) is 37.7 Å². The number of nitrogens with two attached hydrogens (primary N) is 1. The van der Waals surface area contributed by atoms with Crippen LogP contribution in [0.3, 0.4) is 0 Å². The Labute approximate surface area is 237 Å². The minimum atomic E-state index is -1.37. The van der Waals surface area contributed by atoms with Crippen LogP contribution in [0.25, 0.3) is 0 Å². The Morgan fingerprint density at radius 1 is 0.975 bits per heavy atom. The molecule has 0 aliphatic rings. The quantitative estimate of drug-likeness (QED) is 0.206. The Kier molecular flexibility index (Phi) is 14.7. The molecule has 0 aromatic heterocycles. The number of nitrogens with zero attached hydrogens (tertiary/aromatic N) is 1. The second-order valence-corrected chi connectivity index (χ2v) is 10.8. The highest BCUT2D eigenvalue weighted by Crippen LogP contribution is 2.25. The third-order valence-corrected chi connectivity index (χ3v) is 6.02. The molecule has 0 heterocycles. The van der Waals surface area contributed by atoms with E-state index in [9.17, 15) is 24.0 Å².